The Morgan fingerprint density at radius 2 is 1.88 bits per heavy atom. The van der Waals surface area contributed by atoms with Crippen molar-refractivity contribution in [1.29, 1.82) is 0 Å². The van der Waals surface area contributed by atoms with Crippen molar-refractivity contribution in [3.63, 3.8) is 0 Å². The molecule has 41 heavy (non-hydrogen) atoms. The molecule has 2 N–H and O–H groups in total. The first-order valence-corrected chi connectivity index (χ1v) is 15.4. The predicted octanol–water partition coefficient (Wildman–Crippen LogP) is 3.05. The zero-order valence-electron chi connectivity index (χ0n) is 22.9. The van der Waals surface area contributed by atoms with Crippen LogP contribution in [0.25, 0.3) is 10.4 Å². The summed E-state index contributed by atoms with van der Waals surface area (Å²) >= 11 is 1.03. The summed E-state index contributed by atoms with van der Waals surface area (Å²) in [5, 5.41) is 20.5. The average molecular weight is 604 g/mol. The molecule has 2 aromatic heterocycles. The number of hydrogen-bond donors (Lipinski definition) is 2. The van der Waals surface area contributed by atoms with E-state index in [9.17, 15) is 33.0 Å². The van der Waals surface area contributed by atoms with Crippen LogP contribution in [-0.2, 0) is 24.2 Å². The van der Waals surface area contributed by atoms with Gasteiger partial charge in [0.1, 0.15) is 22.6 Å². The Balaban J connectivity index is 1.51. The number of sulfone groups is 1. The van der Waals surface area contributed by atoms with Crippen molar-refractivity contribution in [2.24, 2.45) is 11.3 Å². The van der Waals surface area contributed by atoms with E-state index in [0.29, 0.717) is 15.5 Å². The predicted molar refractivity (Wildman–Crippen MR) is 147 cm³/mol. The quantitative estimate of drug-likeness (QED) is 0.222. The molecular weight excluding hydrogens is 574 g/mol. The van der Waals surface area contributed by atoms with Crippen LogP contribution in [0.2, 0.25) is 0 Å². The smallest absolute Gasteiger partial charge is 0.477 e. The first kappa shape index (κ1) is 28.8. The number of amides is 1. The first-order chi connectivity index (χ1) is 19.1. The number of aliphatic hydroxyl groups excluding tert-OH is 1. The lowest BCUT2D eigenvalue weighted by Crippen LogP contribution is -2.66. The minimum Gasteiger partial charge on any atom is -0.477 e. The van der Waals surface area contributed by atoms with E-state index in [0.717, 1.165) is 28.7 Å². The molecule has 218 valence electrons. The number of carbonyl (C=O) groups is 3. The number of aryl methyl sites for hydroxylation is 2. The van der Waals surface area contributed by atoms with E-state index in [4.69, 9.17) is 9.47 Å². The molecule has 12 nitrogen and oxygen atoms in total. The van der Waals surface area contributed by atoms with Crippen LogP contribution in [0.5, 0.6) is 5.75 Å². The van der Waals surface area contributed by atoms with Crippen LogP contribution in [0.15, 0.2) is 41.4 Å². The van der Waals surface area contributed by atoms with Crippen molar-refractivity contribution in [3.8, 4) is 5.75 Å². The van der Waals surface area contributed by atoms with Gasteiger partial charge in [0, 0.05) is 23.4 Å². The lowest BCUT2D eigenvalue weighted by atomic mass is 9.66. The summed E-state index contributed by atoms with van der Waals surface area (Å²) in [6, 6.07) is 4.58. The van der Waals surface area contributed by atoms with E-state index in [-0.39, 0.29) is 29.3 Å². The minimum atomic E-state index is -3.67. The second kappa shape index (κ2) is 9.96. The van der Waals surface area contributed by atoms with Gasteiger partial charge >= 0.3 is 12.1 Å². The van der Waals surface area contributed by atoms with E-state index in [1.54, 1.807) is 25.3 Å². The Hall–Kier alpha value is -3.75. The van der Waals surface area contributed by atoms with Crippen molar-refractivity contribution in [3.05, 3.63) is 52.4 Å². The molecule has 0 saturated carbocycles. The van der Waals surface area contributed by atoms with Crippen LogP contribution in [0.1, 0.15) is 36.3 Å². The molecule has 1 aromatic carbocycles. The number of thiazole rings is 1. The van der Waals surface area contributed by atoms with Crippen molar-refractivity contribution < 1.29 is 42.5 Å². The molecule has 5 rings (SSSR count). The molecule has 1 amide bonds. The van der Waals surface area contributed by atoms with Crippen LogP contribution >= 0.6 is 11.3 Å². The fourth-order valence-electron chi connectivity index (χ4n) is 5.94. The number of aliphatic carboxylic acids is 1. The largest absolute Gasteiger partial charge is 0.513 e. The van der Waals surface area contributed by atoms with Gasteiger partial charge in [0.25, 0.3) is 0 Å². The number of carboxylic acid groups (broad SMARTS) is 1. The van der Waals surface area contributed by atoms with Crippen LogP contribution in [0.3, 0.4) is 0 Å². The van der Waals surface area contributed by atoms with Gasteiger partial charge in [0.05, 0.1) is 29.5 Å². The second-order valence-corrected chi connectivity index (χ2v) is 13.7. The molecule has 4 heterocycles. The highest BCUT2D eigenvalue weighted by Crippen LogP contribution is 2.60. The van der Waals surface area contributed by atoms with Gasteiger partial charge in [-0.25, -0.2) is 23.0 Å². The lowest BCUT2D eigenvalue weighted by Gasteiger charge is -2.50. The molecule has 2 aliphatic rings. The number of benzene rings is 1. The summed E-state index contributed by atoms with van der Waals surface area (Å²) in [7, 11) is -3.67. The van der Waals surface area contributed by atoms with Gasteiger partial charge in [0.2, 0.25) is 5.91 Å². The average Bonchev–Trinajstić information content (AvgIpc) is 3.46. The van der Waals surface area contributed by atoms with Gasteiger partial charge in [-0.2, -0.15) is 0 Å². The molecule has 1 unspecified atom stereocenters. The third-order valence-electron chi connectivity index (χ3n) is 7.58. The van der Waals surface area contributed by atoms with Crippen molar-refractivity contribution in [1.82, 2.24) is 14.3 Å². The highest BCUT2D eigenvalue weighted by atomic mass is 32.2. The number of fused-ring (bicyclic) bond motifs is 2. The van der Waals surface area contributed by atoms with Crippen LogP contribution in [0, 0.1) is 25.2 Å². The molecule has 1 saturated heterocycles. The molecule has 1 fully saturated rings. The lowest BCUT2D eigenvalue weighted by molar-refractivity contribution is -0.167. The topological polar surface area (TPSA) is 165 Å². The molecule has 0 bridgehead atoms. The fourth-order valence-corrected chi connectivity index (χ4v) is 8.34. The Morgan fingerprint density at radius 3 is 2.46 bits per heavy atom. The fraction of sp³-hybridized carbons (Fsp3) is 0.407. The molecule has 4 atom stereocenters. The summed E-state index contributed by atoms with van der Waals surface area (Å²) < 4.78 is 36.7. The van der Waals surface area contributed by atoms with Gasteiger partial charge < -0.3 is 24.6 Å². The Bertz CT molecular complexity index is 1720. The van der Waals surface area contributed by atoms with E-state index < -0.39 is 51.3 Å². The summed E-state index contributed by atoms with van der Waals surface area (Å²) in [5.41, 5.74) is 0.748. The van der Waals surface area contributed by atoms with E-state index in [1.807, 2.05) is 19.9 Å². The summed E-state index contributed by atoms with van der Waals surface area (Å²) in [6.07, 6.45) is 2.01. The maximum absolute atomic E-state index is 13.1. The maximum atomic E-state index is 13.1. The van der Waals surface area contributed by atoms with Crippen LogP contribution in [0.4, 0.5) is 4.79 Å². The van der Waals surface area contributed by atoms with Gasteiger partial charge in [-0.15, -0.1) is 11.3 Å². The monoisotopic (exact) mass is 603 g/mol. The molecule has 0 spiro atoms. The molecule has 3 aromatic rings. The maximum Gasteiger partial charge on any atom is 0.513 e. The SMILES string of the molecule is Cc1cc(C)cc(OC(=O)OCC[C@@]2(C)C(c3cn4cnc(S(C)(=O)=O)c4s3)=C(C(=O)O)N3C(=O)[C@H](C(C)O)[C@@H]32)c1. The van der Waals surface area contributed by atoms with Crippen LogP contribution in [-0.4, -0.2) is 76.0 Å². The van der Waals surface area contributed by atoms with E-state index >= 15 is 0 Å². The third kappa shape index (κ3) is 4.79. The number of imidazole rings is 1. The highest BCUT2D eigenvalue weighted by Gasteiger charge is 2.66. The summed E-state index contributed by atoms with van der Waals surface area (Å²) in [5.74, 6) is -2.43. The zero-order valence-corrected chi connectivity index (χ0v) is 24.6. The number of aliphatic hydroxyl groups is 1. The molecule has 2 aliphatic heterocycles. The summed E-state index contributed by atoms with van der Waals surface area (Å²) in [6.45, 7) is 6.77. The first-order valence-electron chi connectivity index (χ1n) is 12.7. The number of nitrogens with zero attached hydrogens (tertiary/aromatic N) is 3. The van der Waals surface area contributed by atoms with Gasteiger partial charge in [-0.3, -0.25) is 9.20 Å². The van der Waals surface area contributed by atoms with Crippen LogP contribution < -0.4 is 4.74 Å². The van der Waals surface area contributed by atoms with Crippen molar-refractivity contribution in [2.75, 3.05) is 12.9 Å². The van der Waals surface area contributed by atoms with E-state index in [1.165, 1.54) is 22.6 Å². The molecule has 0 radical (unpaired) electrons. The zero-order chi connectivity index (χ0) is 30.0. The Kier molecular flexibility index (Phi) is 6.99. The molecular formula is C27H29N3O9S2. The van der Waals surface area contributed by atoms with Crippen molar-refractivity contribution >= 4 is 49.6 Å². The number of ether oxygens (including phenoxy) is 2. The normalized spacial score (nSPS) is 23.0. The Morgan fingerprint density at radius 1 is 1.22 bits per heavy atom. The van der Waals surface area contributed by atoms with Crippen molar-refractivity contribution in [2.45, 2.75) is 51.3 Å². The molecule has 0 aliphatic carbocycles. The number of rotatable bonds is 8. The third-order valence-corrected chi connectivity index (χ3v) is 9.84. The number of carbonyl (C=O) groups excluding carboxylic acids is 2. The van der Waals surface area contributed by atoms with Gasteiger partial charge in [0.15, 0.2) is 14.9 Å². The molecule has 14 heteroatoms. The Labute approximate surface area is 239 Å². The van der Waals surface area contributed by atoms with Gasteiger partial charge in [-0.05, 0) is 50.5 Å². The minimum absolute atomic E-state index is 0.0860. The number of carboxylic acids is 1. The second-order valence-electron chi connectivity index (χ2n) is 10.8. The van der Waals surface area contributed by atoms with Gasteiger partial charge in [-0.1, -0.05) is 13.0 Å². The standard InChI is InChI=1S/C27H29N3O9S2/c1-13-8-14(2)10-16(9-13)39-26(35)38-7-6-27(4)19(17-11-29-12-28-22(24(29)40-17)41(5,36)37)20(25(33)34)30-21(27)18(15(3)31)23(30)32/h8-12,15,18,21,31H,6-7H2,1-5H3,(H,33,34)/t15?,18-,21-,27+/m1/s1. The number of β-lactam (4-membered cyclic amide) rings is 1. The summed E-state index contributed by atoms with van der Waals surface area (Å²) in [4.78, 5) is 44.0. The number of aromatic nitrogens is 2. The number of hydrogen-bond acceptors (Lipinski definition) is 10. The highest BCUT2D eigenvalue weighted by molar-refractivity contribution is 7.91. The van der Waals surface area contributed by atoms with E-state index in [2.05, 4.69) is 4.98 Å².